The molecule has 18 heavy (non-hydrogen) atoms. The SMILES string of the molecule is COc1cc(C)cc(C)c1C(CC(F)(F)F)NN. The molecule has 3 nitrogen and oxygen atoms in total. The Morgan fingerprint density at radius 3 is 2.39 bits per heavy atom. The summed E-state index contributed by atoms with van der Waals surface area (Å²) in [5.74, 6) is 5.65. The normalized spacial score (nSPS) is 13.5. The van der Waals surface area contributed by atoms with Gasteiger partial charge in [0.15, 0.2) is 0 Å². The number of methoxy groups -OCH3 is 1. The van der Waals surface area contributed by atoms with Crippen molar-refractivity contribution >= 4 is 0 Å². The maximum atomic E-state index is 12.5. The summed E-state index contributed by atoms with van der Waals surface area (Å²) >= 11 is 0. The second-order valence-electron chi connectivity index (χ2n) is 4.24. The Morgan fingerprint density at radius 2 is 1.94 bits per heavy atom. The highest BCUT2D eigenvalue weighted by Crippen LogP contribution is 2.36. The number of nitrogens with one attached hydrogen (secondary N) is 1. The molecule has 0 aliphatic heterocycles. The van der Waals surface area contributed by atoms with E-state index in [1.807, 2.05) is 6.92 Å². The zero-order valence-corrected chi connectivity index (χ0v) is 10.6. The molecule has 0 fully saturated rings. The average Bonchev–Trinajstić information content (AvgIpc) is 2.24. The molecule has 3 N–H and O–H groups in total. The molecule has 1 rings (SSSR count). The van der Waals surface area contributed by atoms with E-state index in [4.69, 9.17) is 10.6 Å². The van der Waals surface area contributed by atoms with Gasteiger partial charge in [-0.3, -0.25) is 11.3 Å². The Morgan fingerprint density at radius 1 is 1.33 bits per heavy atom. The van der Waals surface area contributed by atoms with Crippen LogP contribution in [-0.4, -0.2) is 13.3 Å². The van der Waals surface area contributed by atoms with Crippen molar-refractivity contribution in [2.45, 2.75) is 32.5 Å². The molecule has 0 aromatic heterocycles. The maximum absolute atomic E-state index is 12.5. The summed E-state index contributed by atoms with van der Waals surface area (Å²) in [6.07, 6.45) is -5.33. The topological polar surface area (TPSA) is 47.3 Å². The summed E-state index contributed by atoms with van der Waals surface area (Å²) in [6, 6.07) is 2.49. The molecule has 1 aromatic carbocycles. The van der Waals surface area contributed by atoms with Gasteiger partial charge in [0.25, 0.3) is 0 Å². The number of nitrogens with two attached hydrogens (primary N) is 1. The van der Waals surface area contributed by atoms with Crippen LogP contribution in [0, 0.1) is 13.8 Å². The van der Waals surface area contributed by atoms with E-state index in [-0.39, 0.29) is 0 Å². The van der Waals surface area contributed by atoms with Gasteiger partial charge < -0.3 is 4.74 Å². The fourth-order valence-corrected chi connectivity index (χ4v) is 2.03. The number of halogens is 3. The number of benzene rings is 1. The number of ether oxygens (including phenoxy) is 1. The second kappa shape index (κ2) is 5.58. The molecule has 0 aliphatic rings. The highest BCUT2D eigenvalue weighted by Gasteiger charge is 2.34. The first-order chi connectivity index (χ1) is 8.28. The Hall–Kier alpha value is -1.27. The Labute approximate surface area is 104 Å². The van der Waals surface area contributed by atoms with Crippen molar-refractivity contribution in [1.82, 2.24) is 5.43 Å². The fraction of sp³-hybridized carbons (Fsp3) is 0.500. The van der Waals surface area contributed by atoms with Gasteiger partial charge in [0.05, 0.1) is 19.6 Å². The third-order valence-electron chi connectivity index (χ3n) is 2.70. The van der Waals surface area contributed by atoms with E-state index in [9.17, 15) is 13.2 Å². The van der Waals surface area contributed by atoms with Crippen LogP contribution in [0.5, 0.6) is 5.75 Å². The van der Waals surface area contributed by atoms with Gasteiger partial charge >= 0.3 is 6.18 Å². The number of rotatable bonds is 4. The van der Waals surface area contributed by atoms with Gasteiger partial charge in [0, 0.05) is 5.56 Å². The lowest BCUT2D eigenvalue weighted by molar-refractivity contribution is -0.140. The number of alkyl halides is 3. The number of hydrazine groups is 1. The van der Waals surface area contributed by atoms with E-state index in [0.29, 0.717) is 11.3 Å². The van der Waals surface area contributed by atoms with Crippen LogP contribution in [0.3, 0.4) is 0 Å². The third kappa shape index (κ3) is 3.61. The zero-order chi connectivity index (χ0) is 13.9. The smallest absolute Gasteiger partial charge is 0.390 e. The minimum Gasteiger partial charge on any atom is -0.496 e. The van der Waals surface area contributed by atoms with Crippen molar-refractivity contribution in [2.75, 3.05) is 7.11 Å². The minimum absolute atomic E-state index is 0.416. The van der Waals surface area contributed by atoms with Crippen LogP contribution in [0.15, 0.2) is 12.1 Å². The van der Waals surface area contributed by atoms with E-state index in [0.717, 1.165) is 11.1 Å². The van der Waals surface area contributed by atoms with Crippen molar-refractivity contribution in [3.63, 3.8) is 0 Å². The summed E-state index contributed by atoms with van der Waals surface area (Å²) in [5.41, 5.74) is 4.31. The molecule has 1 atom stereocenters. The van der Waals surface area contributed by atoms with Crippen LogP contribution >= 0.6 is 0 Å². The van der Waals surface area contributed by atoms with Crippen LogP contribution in [-0.2, 0) is 0 Å². The average molecular weight is 262 g/mol. The summed E-state index contributed by atoms with van der Waals surface area (Å²) < 4.78 is 42.6. The quantitative estimate of drug-likeness (QED) is 0.648. The molecule has 102 valence electrons. The van der Waals surface area contributed by atoms with Gasteiger partial charge in [0.2, 0.25) is 0 Å². The summed E-state index contributed by atoms with van der Waals surface area (Å²) in [6.45, 7) is 3.60. The van der Waals surface area contributed by atoms with Gasteiger partial charge in [-0.1, -0.05) is 6.07 Å². The molecular formula is C12H17F3N2O. The summed E-state index contributed by atoms with van der Waals surface area (Å²) in [7, 11) is 1.43. The van der Waals surface area contributed by atoms with Gasteiger partial charge in [-0.15, -0.1) is 0 Å². The maximum Gasteiger partial charge on any atom is 0.390 e. The predicted molar refractivity (Wildman–Crippen MR) is 63.2 cm³/mol. The van der Waals surface area contributed by atoms with Crippen molar-refractivity contribution in [2.24, 2.45) is 5.84 Å². The van der Waals surface area contributed by atoms with Crippen LogP contribution < -0.4 is 16.0 Å². The molecule has 0 spiro atoms. The molecule has 0 saturated heterocycles. The monoisotopic (exact) mass is 262 g/mol. The first-order valence-corrected chi connectivity index (χ1v) is 5.46. The van der Waals surface area contributed by atoms with Crippen molar-refractivity contribution < 1.29 is 17.9 Å². The van der Waals surface area contributed by atoms with Crippen LogP contribution in [0.25, 0.3) is 0 Å². The Balaban J connectivity index is 3.20. The lowest BCUT2D eigenvalue weighted by Gasteiger charge is -2.22. The Bertz CT molecular complexity index is 419. The van der Waals surface area contributed by atoms with Crippen molar-refractivity contribution in [1.29, 1.82) is 0 Å². The predicted octanol–water partition coefficient (Wildman–Crippen LogP) is 2.77. The van der Waals surface area contributed by atoms with E-state index >= 15 is 0 Å². The molecule has 0 aliphatic carbocycles. The number of hydrogen-bond donors (Lipinski definition) is 2. The zero-order valence-electron chi connectivity index (χ0n) is 10.6. The lowest BCUT2D eigenvalue weighted by Crippen LogP contribution is -2.32. The standard InChI is InChI=1S/C12H17F3N2O/c1-7-4-8(2)11(10(5-7)18-3)9(17-16)6-12(13,14)15/h4-5,9,17H,6,16H2,1-3H3. The van der Waals surface area contributed by atoms with Crippen molar-refractivity contribution in [3.8, 4) is 5.75 Å². The highest BCUT2D eigenvalue weighted by molar-refractivity contribution is 5.45. The van der Waals surface area contributed by atoms with Crippen LogP contribution in [0.2, 0.25) is 0 Å². The largest absolute Gasteiger partial charge is 0.496 e. The van der Waals surface area contributed by atoms with Gasteiger partial charge in [-0.2, -0.15) is 13.2 Å². The third-order valence-corrected chi connectivity index (χ3v) is 2.70. The molecule has 0 radical (unpaired) electrons. The van der Waals surface area contributed by atoms with E-state index in [2.05, 4.69) is 5.43 Å². The van der Waals surface area contributed by atoms with Gasteiger partial charge in [-0.05, 0) is 31.0 Å². The van der Waals surface area contributed by atoms with Gasteiger partial charge in [-0.25, -0.2) is 0 Å². The Kier molecular flexibility index (Phi) is 4.59. The van der Waals surface area contributed by atoms with Crippen LogP contribution in [0.1, 0.15) is 29.2 Å². The highest BCUT2D eigenvalue weighted by atomic mass is 19.4. The van der Waals surface area contributed by atoms with E-state index < -0.39 is 18.6 Å². The van der Waals surface area contributed by atoms with E-state index in [1.54, 1.807) is 19.1 Å². The van der Waals surface area contributed by atoms with Crippen LogP contribution in [0.4, 0.5) is 13.2 Å². The summed E-state index contributed by atoms with van der Waals surface area (Å²) in [4.78, 5) is 0. The van der Waals surface area contributed by atoms with Crippen molar-refractivity contribution in [3.05, 3.63) is 28.8 Å². The minimum atomic E-state index is -4.29. The van der Waals surface area contributed by atoms with Gasteiger partial charge in [0.1, 0.15) is 5.75 Å². The first kappa shape index (κ1) is 14.8. The molecule has 0 heterocycles. The molecule has 0 bridgehead atoms. The first-order valence-electron chi connectivity index (χ1n) is 5.46. The molecule has 6 heteroatoms. The molecule has 0 saturated carbocycles. The lowest BCUT2D eigenvalue weighted by atomic mass is 9.96. The molecule has 0 amide bonds. The summed E-state index contributed by atoms with van der Waals surface area (Å²) in [5, 5.41) is 0. The number of hydrogen-bond acceptors (Lipinski definition) is 3. The molecule has 1 aromatic rings. The molecular weight excluding hydrogens is 245 g/mol. The second-order valence-corrected chi connectivity index (χ2v) is 4.24. The molecule has 1 unspecified atom stereocenters. The van der Waals surface area contributed by atoms with E-state index in [1.165, 1.54) is 7.11 Å². The number of aryl methyl sites for hydroxylation is 2. The fourth-order valence-electron chi connectivity index (χ4n) is 2.03.